The maximum atomic E-state index is 13.2. The molecule has 0 fully saturated rings. The number of halogens is 3. The Morgan fingerprint density at radius 3 is 2.62 bits per heavy atom. The Labute approximate surface area is 92.4 Å². The molecule has 2 nitrogen and oxygen atoms in total. The summed E-state index contributed by atoms with van der Waals surface area (Å²) >= 11 is 0. The van der Waals surface area contributed by atoms with Crippen LogP contribution in [-0.2, 0) is 4.74 Å². The summed E-state index contributed by atoms with van der Waals surface area (Å²) in [7, 11) is 1.55. The normalized spacial score (nSPS) is 12.6. The first-order chi connectivity index (χ1) is 7.54. The van der Waals surface area contributed by atoms with Gasteiger partial charge in [-0.2, -0.15) is 0 Å². The number of hydrogen-bond acceptors (Lipinski definition) is 2. The van der Waals surface area contributed by atoms with E-state index in [1.165, 1.54) is 0 Å². The molecule has 0 aliphatic carbocycles. The van der Waals surface area contributed by atoms with Crippen LogP contribution in [-0.4, -0.2) is 19.8 Å². The van der Waals surface area contributed by atoms with Crippen molar-refractivity contribution >= 4 is 5.69 Å². The van der Waals surface area contributed by atoms with Gasteiger partial charge in [0.15, 0.2) is 11.6 Å². The third-order valence-electron chi connectivity index (χ3n) is 2.15. The third kappa shape index (κ3) is 3.41. The first-order valence-corrected chi connectivity index (χ1v) is 4.94. The van der Waals surface area contributed by atoms with Crippen molar-refractivity contribution in [2.75, 3.05) is 19.0 Å². The zero-order chi connectivity index (χ0) is 12.1. The number of methoxy groups -OCH3 is 1. The Morgan fingerprint density at radius 2 is 2.00 bits per heavy atom. The molecule has 0 bridgehead atoms. The van der Waals surface area contributed by atoms with Crippen LogP contribution in [0.2, 0.25) is 0 Å². The predicted molar refractivity (Wildman–Crippen MR) is 55.9 cm³/mol. The van der Waals surface area contributed by atoms with Crippen LogP contribution in [0.5, 0.6) is 0 Å². The fraction of sp³-hybridized carbons (Fsp3) is 0.455. The molecule has 1 N–H and O–H groups in total. The van der Waals surface area contributed by atoms with Gasteiger partial charge in [0.1, 0.15) is 5.82 Å². The summed E-state index contributed by atoms with van der Waals surface area (Å²) in [6, 6.07) is 1.32. The number of hydrogen-bond donors (Lipinski definition) is 1. The van der Waals surface area contributed by atoms with Gasteiger partial charge in [0.25, 0.3) is 0 Å². The molecule has 90 valence electrons. The summed E-state index contributed by atoms with van der Waals surface area (Å²) in [5, 5.41) is 2.69. The standard InChI is InChI=1S/C11H14F3NO/c1-7(3-4-16-2)15-10-6-8(12)5-9(13)11(10)14/h5-7,15H,3-4H2,1-2H3. The highest BCUT2D eigenvalue weighted by molar-refractivity contribution is 5.46. The smallest absolute Gasteiger partial charge is 0.182 e. The zero-order valence-corrected chi connectivity index (χ0v) is 9.19. The van der Waals surface area contributed by atoms with Crippen LogP contribution in [0.1, 0.15) is 13.3 Å². The molecule has 0 heterocycles. The lowest BCUT2D eigenvalue weighted by atomic mass is 10.2. The van der Waals surface area contributed by atoms with Gasteiger partial charge in [-0.25, -0.2) is 13.2 Å². The van der Waals surface area contributed by atoms with Crippen LogP contribution < -0.4 is 5.32 Å². The second-order valence-corrected chi connectivity index (χ2v) is 3.58. The lowest BCUT2D eigenvalue weighted by molar-refractivity contribution is 0.191. The van der Waals surface area contributed by atoms with E-state index in [0.717, 1.165) is 6.07 Å². The van der Waals surface area contributed by atoms with E-state index >= 15 is 0 Å². The van der Waals surface area contributed by atoms with Gasteiger partial charge in [-0.1, -0.05) is 0 Å². The lowest BCUT2D eigenvalue weighted by Gasteiger charge is -2.15. The van der Waals surface area contributed by atoms with Gasteiger partial charge >= 0.3 is 0 Å². The van der Waals surface area contributed by atoms with Gasteiger partial charge in [-0.3, -0.25) is 0 Å². The van der Waals surface area contributed by atoms with E-state index in [0.29, 0.717) is 19.1 Å². The molecule has 0 saturated heterocycles. The number of ether oxygens (including phenoxy) is 1. The van der Waals surface area contributed by atoms with Crippen LogP contribution in [0.3, 0.4) is 0 Å². The second kappa shape index (κ2) is 5.75. The average Bonchev–Trinajstić information content (AvgIpc) is 2.22. The van der Waals surface area contributed by atoms with E-state index in [2.05, 4.69) is 5.32 Å². The predicted octanol–water partition coefficient (Wildman–Crippen LogP) is 2.94. The fourth-order valence-electron chi connectivity index (χ4n) is 1.29. The van der Waals surface area contributed by atoms with Gasteiger partial charge in [-0.05, 0) is 13.3 Å². The van der Waals surface area contributed by atoms with Crippen molar-refractivity contribution in [3.63, 3.8) is 0 Å². The van der Waals surface area contributed by atoms with Crippen molar-refractivity contribution in [2.24, 2.45) is 0 Å². The quantitative estimate of drug-likeness (QED) is 0.789. The van der Waals surface area contributed by atoms with Gasteiger partial charge in [0.05, 0.1) is 5.69 Å². The van der Waals surface area contributed by atoms with Crippen molar-refractivity contribution in [2.45, 2.75) is 19.4 Å². The fourth-order valence-corrected chi connectivity index (χ4v) is 1.29. The van der Waals surface area contributed by atoms with Crippen molar-refractivity contribution in [3.8, 4) is 0 Å². The largest absolute Gasteiger partial charge is 0.385 e. The van der Waals surface area contributed by atoms with E-state index in [4.69, 9.17) is 4.74 Å². The van der Waals surface area contributed by atoms with E-state index < -0.39 is 17.5 Å². The van der Waals surface area contributed by atoms with E-state index in [-0.39, 0.29) is 11.7 Å². The highest BCUT2D eigenvalue weighted by Crippen LogP contribution is 2.20. The maximum absolute atomic E-state index is 13.2. The van der Waals surface area contributed by atoms with Crippen molar-refractivity contribution in [3.05, 3.63) is 29.6 Å². The molecule has 0 amide bonds. The van der Waals surface area contributed by atoms with Crippen LogP contribution in [0.25, 0.3) is 0 Å². The summed E-state index contributed by atoms with van der Waals surface area (Å²) in [5.74, 6) is -3.06. The topological polar surface area (TPSA) is 21.3 Å². The summed E-state index contributed by atoms with van der Waals surface area (Å²) < 4.78 is 43.8. The molecule has 1 aromatic carbocycles. The molecule has 5 heteroatoms. The van der Waals surface area contributed by atoms with Crippen LogP contribution >= 0.6 is 0 Å². The number of benzene rings is 1. The molecule has 0 aliphatic heterocycles. The summed E-state index contributed by atoms with van der Waals surface area (Å²) in [5.41, 5.74) is -0.166. The molecule has 0 spiro atoms. The molecule has 1 atom stereocenters. The molecule has 1 unspecified atom stereocenters. The minimum atomic E-state index is -1.19. The first kappa shape index (κ1) is 12.8. The van der Waals surface area contributed by atoms with E-state index in [9.17, 15) is 13.2 Å². The third-order valence-corrected chi connectivity index (χ3v) is 2.15. The van der Waals surface area contributed by atoms with Crippen molar-refractivity contribution < 1.29 is 17.9 Å². The Morgan fingerprint density at radius 1 is 1.31 bits per heavy atom. The molecule has 0 radical (unpaired) electrons. The summed E-state index contributed by atoms with van der Waals surface area (Å²) in [6.45, 7) is 2.27. The van der Waals surface area contributed by atoms with Crippen LogP contribution in [0, 0.1) is 17.5 Å². The Bertz CT molecular complexity index is 357. The Hall–Kier alpha value is -1.23. The molecule has 0 aliphatic rings. The van der Waals surface area contributed by atoms with E-state index in [1.54, 1.807) is 14.0 Å². The number of anilines is 1. The lowest BCUT2D eigenvalue weighted by Crippen LogP contribution is -2.18. The number of rotatable bonds is 5. The zero-order valence-electron chi connectivity index (χ0n) is 9.19. The Balaban J connectivity index is 2.72. The van der Waals surface area contributed by atoms with Crippen LogP contribution in [0.15, 0.2) is 12.1 Å². The maximum Gasteiger partial charge on any atom is 0.182 e. The molecule has 0 aromatic heterocycles. The number of nitrogens with one attached hydrogen (secondary N) is 1. The summed E-state index contributed by atoms with van der Waals surface area (Å²) in [6.07, 6.45) is 0.619. The van der Waals surface area contributed by atoms with Gasteiger partial charge < -0.3 is 10.1 Å². The molecular weight excluding hydrogens is 219 g/mol. The van der Waals surface area contributed by atoms with Gasteiger partial charge in [0.2, 0.25) is 0 Å². The van der Waals surface area contributed by atoms with Crippen molar-refractivity contribution in [1.29, 1.82) is 0 Å². The molecule has 0 saturated carbocycles. The van der Waals surface area contributed by atoms with Gasteiger partial charge in [0, 0.05) is 31.9 Å². The molecule has 16 heavy (non-hydrogen) atoms. The monoisotopic (exact) mass is 233 g/mol. The van der Waals surface area contributed by atoms with Crippen LogP contribution in [0.4, 0.5) is 18.9 Å². The highest BCUT2D eigenvalue weighted by Gasteiger charge is 2.12. The molecular formula is C11H14F3NO. The second-order valence-electron chi connectivity index (χ2n) is 3.58. The minimum absolute atomic E-state index is 0.129. The molecule has 1 aromatic rings. The highest BCUT2D eigenvalue weighted by atomic mass is 19.2. The minimum Gasteiger partial charge on any atom is -0.385 e. The summed E-state index contributed by atoms with van der Waals surface area (Å²) in [4.78, 5) is 0. The van der Waals surface area contributed by atoms with E-state index in [1.807, 2.05) is 0 Å². The Kier molecular flexibility index (Phi) is 4.61. The average molecular weight is 233 g/mol. The van der Waals surface area contributed by atoms with Crippen molar-refractivity contribution in [1.82, 2.24) is 0 Å². The SMILES string of the molecule is COCCC(C)Nc1cc(F)cc(F)c1F. The van der Waals surface area contributed by atoms with Gasteiger partial charge in [-0.15, -0.1) is 0 Å². The molecule has 1 rings (SSSR count). The first-order valence-electron chi connectivity index (χ1n) is 4.94.